The van der Waals surface area contributed by atoms with Crippen molar-refractivity contribution in [2.75, 3.05) is 0 Å². The van der Waals surface area contributed by atoms with Crippen molar-refractivity contribution >= 4 is 22.9 Å². The molecular weight excluding hydrogens is 324 g/mol. The minimum absolute atomic E-state index is 0.307. The van der Waals surface area contributed by atoms with E-state index in [-0.39, 0.29) is 0 Å². The number of esters is 2. The smallest absolute Gasteiger partial charge is 0.344 e. The van der Waals surface area contributed by atoms with Gasteiger partial charge in [0, 0.05) is 25.3 Å². The van der Waals surface area contributed by atoms with E-state index in [1.54, 1.807) is 42.5 Å². The van der Waals surface area contributed by atoms with Gasteiger partial charge in [0.2, 0.25) is 0 Å². The van der Waals surface area contributed by atoms with Crippen LogP contribution in [-0.2, 0) is 9.59 Å². The van der Waals surface area contributed by atoms with Gasteiger partial charge in [-0.15, -0.1) is 0 Å². The van der Waals surface area contributed by atoms with E-state index >= 15 is 0 Å². The standard InChI is InChI=1S/C19H14O6/c1-11(20)23-15-6-3-13(4-7-15)17-9-14-5-8-16(24-12(2)21)10-18(14)25-19(17)22/h3-10H,1-2H3. The van der Waals surface area contributed by atoms with Crippen LogP contribution in [0.1, 0.15) is 13.8 Å². The van der Waals surface area contributed by atoms with Gasteiger partial charge in [0.1, 0.15) is 17.1 Å². The second-order valence-electron chi connectivity index (χ2n) is 5.36. The first-order valence-electron chi connectivity index (χ1n) is 7.47. The van der Waals surface area contributed by atoms with Gasteiger partial charge in [-0.25, -0.2) is 4.79 Å². The molecule has 3 aromatic rings. The van der Waals surface area contributed by atoms with E-state index in [2.05, 4.69) is 0 Å². The largest absolute Gasteiger partial charge is 0.427 e. The molecule has 0 saturated heterocycles. The normalized spacial score (nSPS) is 10.5. The van der Waals surface area contributed by atoms with Crippen LogP contribution in [0.5, 0.6) is 11.5 Å². The minimum atomic E-state index is -0.521. The maximum absolute atomic E-state index is 12.3. The van der Waals surface area contributed by atoms with Crippen LogP contribution in [0.4, 0.5) is 0 Å². The van der Waals surface area contributed by atoms with Crippen molar-refractivity contribution in [2.24, 2.45) is 0 Å². The summed E-state index contributed by atoms with van der Waals surface area (Å²) in [7, 11) is 0. The van der Waals surface area contributed by atoms with E-state index in [9.17, 15) is 14.4 Å². The molecule has 6 heteroatoms. The Kier molecular flexibility index (Phi) is 4.35. The summed E-state index contributed by atoms with van der Waals surface area (Å²) in [6.07, 6.45) is 0. The van der Waals surface area contributed by atoms with E-state index in [0.717, 1.165) is 0 Å². The van der Waals surface area contributed by atoms with Crippen LogP contribution in [0.25, 0.3) is 22.1 Å². The van der Waals surface area contributed by atoms with Crippen LogP contribution >= 0.6 is 0 Å². The van der Waals surface area contributed by atoms with Gasteiger partial charge in [-0.05, 0) is 35.9 Å². The summed E-state index contributed by atoms with van der Waals surface area (Å²) < 4.78 is 15.3. The van der Waals surface area contributed by atoms with Crippen molar-refractivity contribution in [3.63, 3.8) is 0 Å². The fraction of sp³-hybridized carbons (Fsp3) is 0.105. The van der Waals surface area contributed by atoms with Crippen molar-refractivity contribution < 1.29 is 23.5 Å². The number of hydrogen-bond donors (Lipinski definition) is 0. The van der Waals surface area contributed by atoms with Crippen molar-refractivity contribution in [1.29, 1.82) is 0 Å². The third kappa shape index (κ3) is 3.74. The van der Waals surface area contributed by atoms with E-state index in [0.29, 0.717) is 33.6 Å². The maximum atomic E-state index is 12.3. The SMILES string of the molecule is CC(=O)Oc1ccc(-c2cc3ccc(OC(C)=O)cc3oc2=O)cc1. The predicted octanol–water partition coefficient (Wildman–Crippen LogP) is 3.31. The highest BCUT2D eigenvalue weighted by Gasteiger charge is 2.10. The minimum Gasteiger partial charge on any atom is -0.427 e. The summed E-state index contributed by atoms with van der Waals surface area (Å²) in [4.78, 5) is 34.2. The fourth-order valence-corrected chi connectivity index (χ4v) is 2.39. The van der Waals surface area contributed by atoms with Gasteiger partial charge in [-0.1, -0.05) is 12.1 Å². The van der Waals surface area contributed by atoms with E-state index in [1.165, 1.54) is 19.9 Å². The molecule has 25 heavy (non-hydrogen) atoms. The lowest BCUT2D eigenvalue weighted by Gasteiger charge is -2.06. The molecule has 0 amide bonds. The van der Waals surface area contributed by atoms with Gasteiger partial charge < -0.3 is 13.9 Å². The fourth-order valence-electron chi connectivity index (χ4n) is 2.39. The van der Waals surface area contributed by atoms with Crippen LogP contribution in [0.2, 0.25) is 0 Å². The van der Waals surface area contributed by atoms with Crippen molar-refractivity contribution in [3.05, 3.63) is 59.0 Å². The zero-order valence-electron chi connectivity index (χ0n) is 13.6. The predicted molar refractivity (Wildman–Crippen MR) is 90.5 cm³/mol. The molecule has 0 aliphatic heterocycles. The van der Waals surface area contributed by atoms with Gasteiger partial charge in [-0.2, -0.15) is 0 Å². The quantitative estimate of drug-likeness (QED) is 0.414. The number of carbonyl (C=O) groups is 2. The summed E-state index contributed by atoms with van der Waals surface area (Å²) in [6, 6.07) is 13.1. The van der Waals surface area contributed by atoms with Gasteiger partial charge in [0.05, 0.1) is 5.56 Å². The first-order valence-corrected chi connectivity index (χ1v) is 7.47. The zero-order chi connectivity index (χ0) is 18.0. The molecule has 1 heterocycles. The summed E-state index contributed by atoms with van der Waals surface area (Å²) >= 11 is 0. The highest BCUT2D eigenvalue weighted by molar-refractivity contribution is 5.83. The Morgan fingerprint density at radius 3 is 2.08 bits per heavy atom. The maximum Gasteiger partial charge on any atom is 0.344 e. The van der Waals surface area contributed by atoms with Crippen LogP contribution in [-0.4, -0.2) is 11.9 Å². The molecule has 0 N–H and O–H groups in total. The molecule has 6 nitrogen and oxygen atoms in total. The molecule has 0 atom stereocenters. The Labute approximate surface area is 142 Å². The molecular formula is C19H14O6. The molecule has 0 fully saturated rings. The first kappa shape index (κ1) is 16.4. The summed E-state index contributed by atoms with van der Waals surface area (Å²) in [5.41, 5.74) is 0.814. The van der Waals surface area contributed by atoms with Crippen molar-refractivity contribution in [1.82, 2.24) is 0 Å². The Morgan fingerprint density at radius 2 is 1.44 bits per heavy atom. The Bertz CT molecular complexity index is 1010. The molecule has 0 aliphatic carbocycles. The molecule has 0 saturated carbocycles. The summed E-state index contributed by atoms with van der Waals surface area (Å²) in [5.74, 6) is -0.165. The molecule has 0 unspecified atom stereocenters. The molecule has 2 aromatic carbocycles. The lowest BCUT2D eigenvalue weighted by molar-refractivity contribution is -0.132. The Balaban J connectivity index is 1.99. The number of fused-ring (bicyclic) bond motifs is 1. The molecule has 3 rings (SSSR count). The summed E-state index contributed by atoms with van der Waals surface area (Å²) in [6.45, 7) is 2.61. The van der Waals surface area contributed by atoms with Crippen LogP contribution in [0.3, 0.4) is 0 Å². The number of rotatable bonds is 3. The van der Waals surface area contributed by atoms with Crippen molar-refractivity contribution in [3.8, 4) is 22.6 Å². The Morgan fingerprint density at radius 1 is 0.840 bits per heavy atom. The van der Waals surface area contributed by atoms with Crippen molar-refractivity contribution in [2.45, 2.75) is 13.8 Å². The lowest BCUT2D eigenvalue weighted by atomic mass is 10.1. The number of carbonyl (C=O) groups excluding carboxylic acids is 2. The number of hydrogen-bond acceptors (Lipinski definition) is 6. The highest BCUT2D eigenvalue weighted by Crippen LogP contribution is 2.25. The topological polar surface area (TPSA) is 82.8 Å². The summed E-state index contributed by atoms with van der Waals surface area (Å²) in [5, 5.41) is 0.689. The second kappa shape index (κ2) is 6.60. The monoisotopic (exact) mass is 338 g/mol. The third-order valence-electron chi connectivity index (χ3n) is 3.40. The number of benzene rings is 2. The molecule has 1 aromatic heterocycles. The first-order chi connectivity index (χ1) is 11.9. The average molecular weight is 338 g/mol. The Hall–Kier alpha value is -3.41. The van der Waals surface area contributed by atoms with Crippen LogP contribution in [0, 0.1) is 0 Å². The average Bonchev–Trinajstić information content (AvgIpc) is 2.54. The van der Waals surface area contributed by atoms with Gasteiger partial charge in [0.25, 0.3) is 0 Å². The van der Waals surface area contributed by atoms with E-state index in [4.69, 9.17) is 13.9 Å². The van der Waals surface area contributed by atoms with Gasteiger partial charge >= 0.3 is 17.6 Å². The van der Waals surface area contributed by atoms with Gasteiger partial charge in [-0.3, -0.25) is 9.59 Å². The van der Waals surface area contributed by atoms with Crippen LogP contribution < -0.4 is 15.1 Å². The lowest BCUT2D eigenvalue weighted by Crippen LogP contribution is -2.04. The highest BCUT2D eigenvalue weighted by atomic mass is 16.5. The van der Waals surface area contributed by atoms with Gasteiger partial charge in [0.15, 0.2) is 0 Å². The molecule has 126 valence electrons. The number of ether oxygens (including phenoxy) is 2. The van der Waals surface area contributed by atoms with E-state index < -0.39 is 17.6 Å². The zero-order valence-corrected chi connectivity index (χ0v) is 13.6. The second-order valence-corrected chi connectivity index (χ2v) is 5.36. The molecule has 0 radical (unpaired) electrons. The molecule has 0 aliphatic rings. The third-order valence-corrected chi connectivity index (χ3v) is 3.40. The van der Waals surface area contributed by atoms with Crippen LogP contribution in [0.15, 0.2) is 57.7 Å². The molecule has 0 bridgehead atoms. The van der Waals surface area contributed by atoms with E-state index in [1.807, 2.05) is 0 Å². The molecule has 0 spiro atoms.